The summed E-state index contributed by atoms with van der Waals surface area (Å²) in [5.41, 5.74) is 1.51. The molecule has 0 bridgehead atoms. The maximum Gasteiger partial charge on any atom is 0.337 e. The highest BCUT2D eigenvalue weighted by Crippen LogP contribution is 2.22. The Kier molecular flexibility index (Phi) is 6.67. The molecular formula is C22H17ClN2O5. The minimum atomic E-state index is -1.19. The van der Waals surface area contributed by atoms with Crippen LogP contribution in [0.1, 0.15) is 32.0 Å². The van der Waals surface area contributed by atoms with Gasteiger partial charge in [0.1, 0.15) is 6.61 Å². The van der Waals surface area contributed by atoms with Crippen molar-refractivity contribution in [3.63, 3.8) is 0 Å². The summed E-state index contributed by atoms with van der Waals surface area (Å²) in [4.78, 5) is 29.1. The van der Waals surface area contributed by atoms with E-state index >= 15 is 0 Å². The number of rotatable bonds is 8. The van der Waals surface area contributed by atoms with Gasteiger partial charge in [-0.25, -0.2) is 4.79 Å². The summed E-state index contributed by atoms with van der Waals surface area (Å²) in [6, 6.07) is 14.2. The number of hydrogen-bond donors (Lipinski definition) is 2. The summed E-state index contributed by atoms with van der Waals surface area (Å²) in [5, 5.41) is 16.2. The Morgan fingerprint density at radius 1 is 1.17 bits per heavy atom. The molecule has 152 valence electrons. The highest BCUT2D eigenvalue weighted by atomic mass is 35.5. The Hall–Kier alpha value is -3.84. The van der Waals surface area contributed by atoms with E-state index in [0.29, 0.717) is 22.6 Å². The Balaban J connectivity index is 1.82. The second-order valence-electron chi connectivity index (χ2n) is 6.03. The molecule has 0 aliphatic heterocycles. The minimum absolute atomic E-state index is 0.0981. The second kappa shape index (κ2) is 9.58. The number of carbonyl (C=O) groups excluding carboxylic acids is 1. The number of nitrogens with one attached hydrogen (secondary N) is 1. The normalized spacial score (nSPS) is 11.0. The average Bonchev–Trinajstić information content (AvgIpc) is 3.27. The number of carboxylic acid groups (broad SMARTS) is 1. The van der Waals surface area contributed by atoms with Crippen LogP contribution in [0.2, 0.25) is 5.02 Å². The maximum atomic E-state index is 12.6. The van der Waals surface area contributed by atoms with E-state index in [4.69, 9.17) is 20.9 Å². The molecule has 0 unspecified atom stereocenters. The van der Waals surface area contributed by atoms with E-state index in [1.54, 1.807) is 42.5 Å². The van der Waals surface area contributed by atoms with Crippen molar-refractivity contribution in [2.24, 2.45) is 5.16 Å². The van der Waals surface area contributed by atoms with E-state index in [-0.39, 0.29) is 22.9 Å². The zero-order valence-electron chi connectivity index (χ0n) is 15.7. The standard InChI is InChI=1S/C22H17ClN2O5/c1-2-11-30-25-20(19-4-3-12-29-19)14-5-7-15(8-6-14)21(26)24-18-10-9-16(23)13-17(18)22(27)28/h2-10,12-13H,1,11H2,(H,24,26)(H,27,28). The van der Waals surface area contributed by atoms with Crippen molar-refractivity contribution in [3.05, 3.63) is 101 Å². The van der Waals surface area contributed by atoms with Gasteiger partial charge in [-0.2, -0.15) is 0 Å². The summed E-state index contributed by atoms with van der Waals surface area (Å²) < 4.78 is 5.40. The van der Waals surface area contributed by atoms with Crippen molar-refractivity contribution in [2.75, 3.05) is 11.9 Å². The number of nitrogens with zero attached hydrogens (tertiary/aromatic N) is 1. The van der Waals surface area contributed by atoms with E-state index in [2.05, 4.69) is 17.1 Å². The van der Waals surface area contributed by atoms with E-state index in [1.807, 2.05) is 0 Å². The SMILES string of the molecule is C=CCON=C(c1ccc(C(=O)Nc2ccc(Cl)cc2C(=O)O)cc1)c1ccco1. The van der Waals surface area contributed by atoms with Crippen LogP contribution in [0.25, 0.3) is 0 Å². The van der Waals surface area contributed by atoms with Crippen molar-refractivity contribution in [3.8, 4) is 0 Å². The van der Waals surface area contributed by atoms with Crippen molar-refractivity contribution in [1.29, 1.82) is 0 Å². The van der Waals surface area contributed by atoms with Gasteiger partial charge in [0, 0.05) is 16.1 Å². The number of furan rings is 1. The predicted octanol–water partition coefficient (Wildman–Crippen LogP) is 4.84. The van der Waals surface area contributed by atoms with Gasteiger partial charge >= 0.3 is 5.97 Å². The third-order valence-electron chi connectivity index (χ3n) is 3.98. The number of carbonyl (C=O) groups is 2. The lowest BCUT2D eigenvalue weighted by molar-refractivity contribution is 0.0698. The second-order valence-corrected chi connectivity index (χ2v) is 6.46. The number of benzene rings is 2. The van der Waals surface area contributed by atoms with Crippen molar-refractivity contribution < 1.29 is 24.0 Å². The van der Waals surface area contributed by atoms with Crippen LogP contribution in [0.3, 0.4) is 0 Å². The van der Waals surface area contributed by atoms with Crippen LogP contribution < -0.4 is 5.32 Å². The Morgan fingerprint density at radius 3 is 2.53 bits per heavy atom. The fourth-order valence-corrected chi connectivity index (χ4v) is 2.76. The lowest BCUT2D eigenvalue weighted by Crippen LogP contribution is -2.15. The molecule has 1 heterocycles. The predicted molar refractivity (Wildman–Crippen MR) is 113 cm³/mol. The highest BCUT2D eigenvalue weighted by Gasteiger charge is 2.16. The monoisotopic (exact) mass is 424 g/mol. The first kappa shape index (κ1) is 20.9. The Bertz CT molecular complexity index is 1090. The summed E-state index contributed by atoms with van der Waals surface area (Å²) in [7, 11) is 0. The largest absolute Gasteiger partial charge is 0.478 e. The molecule has 0 spiro atoms. The summed E-state index contributed by atoms with van der Waals surface area (Å²) in [6.45, 7) is 3.81. The molecule has 7 nitrogen and oxygen atoms in total. The molecule has 1 aromatic heterocycles. The molecule has 0 saturated heterocycles. The van der Waals surface area contributed by atoms with Crippen LogP contribution in [0.5, 0.6) is 0 Å². The molecule has 0 aliphatic carbocycles. The number of amides is 1. The number of anilines is 1. The first-order valence-corrected chi connectivity index (χ1v) is 9.16. The summed E-state index contributed by atoms with van der Waals surface area (Å²) in [5.74, 6) is -1.16. The molecule has 0 atom stereocenters. The average molecular weight is 425 g/mol. The molecule has 2 N–H and O–H groups in total. The van der Waals surface area contributed by atoms with Crippen LogP contribution in [0.4, 0.5) is 5.69 Å². The number of hydrogen-bond acceptors (Lipinski definition) is 5. The lowest BCUT2D eigenvalue weighted by atomic mass is 10.1. The topological polar surface area (TPSA) is 101 Å². The van der Waals surface area contributed by atoms with E-state index in [1.165, 1.54) is 24.5 Å². The molecule has 30 heavy (non-hydrogen) atoms. The number of halogens is 1. The van der Waals surface area contributed by atoms with Crippen molar-refractivity contribution >= 4 is 34.9 Å². The van der Waals surface area contributed by atoms with Gasteiger partial charge in [0.05, 0.1) is 17.5 Å². The van der Waals surface area contributed by atoms with Gasteiger partial charge in [-0.15, -0.1) is 0 Å². The van der Waals surface area contributed by atoms with Crippen LogP contribution in [0.15, 0.2) is 83.1 Å². The molecule has 0 fully saturated rings. The third-order valence-corrected chi connectivity index (χ3v) is 4.22. The first-order chi connectivity index (χ1) is 14.5. The quantitative estimate of drug-likeness (QED) is 0.233. The highest BCUT2D eigenvalue weighted by molar-refractivity contribution is 6.31. The summed E-state index contributed by atoms with van der Waals surface area (Å²) >= 11 is 5.84. The molecule has 0 saturated carbocycles. The zero-order chi connectivity index (χ0) is 21.5. The molecule has 0 radical (unpaired) electrons. The van der Waals surface area contributed by atoms with Crippen molar-refractivity contribution in [1.82, 2.24) is 0 Å². The lowest BCUT2D eigenvalue weighted by Gasteiger charge is -2.10. The number of aromatic carboxylic acids is 1. The van der Waals surface area contributed by atoms with Crippen LogP contribution in [-0.2, 0) is 4.84 Å². The molecule has 3 aromatic rings. The molecule has 3 rings (SSSR count). The maximum absolute atomic E-state index is 12.6. The first-order valence-electron chi connectivity index (χ1n) is 8.79. The number of oxime groups is 1. The van der Waals surface area contributed by atoms with Gasteiger partial charge in [-0.05, 0) is 42.5 Å². The smallest absolute Gasteiger partial charge is 0.337 e. The summed E-state index contributed by atoms with van der Waals surface area (Å²) in [6.07, 6.45) is 3.09. The fraction of sp³-hybridized carbons (Fsp3) is 0.0455. The van der Waals surface area contributed by atoms with Gasteiger partial charge in [-0.3, -0.25) is 4.79 Å². The zero-order valence-corrected chi connectivity index (χ0v) is 16.4. The van der Waals surface area contributed by atoms with Gasteiger partial charge in [0.2, 0.25) is 0 Å². The molecule has 8 heteroatoms. The van der Waals surface area contributed by atoms with Gasteiger partial charge in [0.25, 0.3) is 5.91 Å². The third kappa shape index (κ3) is 4.95. The van der Waals surface area contributed by atoms with Gasteiger partial charge in [-0.1, -0.05) is 41.5 Å². The molecule has 1 amide bonds. The number of carboxylic acids is 1. The van der Waals surface area contributed by atoms with Crippen LogP contribution in [-0.4, -0.2) is 29.3 Å². The van der Waals surface area contributed by atoms with E-state index < -0.39 is 11.9 Å². The Morgan fingerprint density at radius 2 is 1.90 bits per heavy atom. The van der Waals surface area contributed by atoms with Gasteiger partial charge < -0.3 is 19.7 Å². The molecule has 0 aliphatic rings. The van der Waals surface area contributed by atoms with Crippen molar-refractivity contribution in [2.45, 2.75) is 0 Å². The minimum Gasteiger partial charge on any atom is -0.478 e. The Labute approximate surface area is 177 Å². The van der Waals surface area contributed by atoms with E-state index in [0.717, 1.165) is 0 Å². The van der Waals surface area contributed by atoms with Crippen LogP contribution >= 0.6 is 11.6 Å². The van der Waals surface area contributed by atoms with Gasteiger partial charge in [0.15, 0.2) is 11.5 Å². The van der Waals surface area contributed by atoms with Crippen LogP contribution in [0, 0.1) is 0 Å². The molecular weight excluding hydrogens is 408 g/mol. The fourth-order valence-electron chi connectivity index (χ4n) is 2.58. The molecule has 2 aromatic carbocycles. The van der Waals surface area contributed by atoms with E-state index in [9.17, 15) is 14.7 Å².